The Balaban J connectivity index is 0. The summed E-state index contributed by atoms with van der Waals surface area (Å²) >= 11 is 0. The summed E-state index contributed by atoms with van der Waals surface area (Å²) < 4.78 is 4.65. The molecular formula is C6H14ClNO2. The van der Waals surface area contributed by atoms with Gasteiger partial charge in [0.2, 0.25) is 0 Å². The lowest BCUT2D eigenvalue weighted by Gasteiger charge is -1.98. The Kier molecular flexibility index (Phi) is 10.8. The molecular weight excluding hydrogens is 154 g/mol. The van der Waals surface area contributed by atoms with Gasteiger partial charge in [-0.1, -0.05) is 0 Å². The Morgan fingerprint density at radius 1 is 1.50 bits per heavy atom. The molecule has 0 rings (SSSR count). The maximum absolute atomic E-state index is 10.2. The maximum Gasteiger partial charge on any atom is 0.302 e. The lowest BCUT2D eigenvalue weighted by Crippen LogP contribution is -2.04. The van der Waals surface area contributed by atoms with E-state index in [9.17, 15) is 4.79 Å². The highest BCUT2D eigenvalue weighted by Crippen LogP contribution is 1.86. The number of esters is 1. The number of rotatable bonds is 4. The molecule has 3 nitrogen and oxygen atoms in total. The largest absolute Gasteiger partial charge is 0.466 e. The number of ether oxygens (including phenoxy) is 1. The van der Waals surface area contributed by atoms with Crippen LogP contribution >= 0.6 is 12.4 Å². The average Bonchev–Trinajstić information content (AvgIpc) is 1.80. The molecule has 0 aliphatic rings. The first-order valence-corrected chi connectivity index (χ1v) is 3.11. The fraction of sp³-hybridized carbons (Fsp3) is 0.833. The van der Waals surface area contributed by atoms with Crippen LogP contribution < -0.4 is 5.73 Å². The number of carbonyl (C=O) groups excluding carboxylic acids is 1. The molecule has 0 fully saturated rings. The molecule has 0 aromatic carbocycles. The van der Waals surface area contributed by atoms with E-state index in [4.69, 9.17) is 5.73 Å². The van der Waals surface area contributed by atoms with Gasteiger partial charge in [0.1, 0.15) is 0 Å². The van der Waals surface area contributed by atoms with E-state index in [1.165, 1.54) is 6.92 Å². The van der Waals surface area contributed by atoms with E-state index < -0.39 is 0 Å². The highest BCUT2D eigenvalue weighted by Gasteiger charge is 1.89. The van der Waals surface area contributed by atoms with Crippen LogP contribution in [0.2, 0.25) is 0 Å². The van der Waals surface area contributed by atoms with Gasteiger partial charge in [-0.05, 0) is 19.4 Å². The summed E-state index contributed by atoms with van der Waals surface area (Å²) in [4.78, 5) is 10.2. The van der Waals surface area contributed by atoms with Crippen molar-refractivity contribution in [2.45, 2.75) is 19.8 Å². The van der Waals surface area contributed by atoms with Crippen molar-refractivity contribution in [2.24, 2.45) is 5.73 Å². The third kappa shape index (κ3) is 10.7. The standard InChI is InChI=1S/C6H13NO2.ClH/c1-6(8)9-5-3-2-4-7;/h2-5,7H2,1H3;1H. The van der Waals surface area contributed by atoms with Crippen molar-refractivity contribution in [3.05, 3.63) is 0 Å². The minimum absolute atomic E-state index is 0. The molecule has 4 heteroatoms. The van der Waals surface area contributed by atoms with Crippen LogP contribution in [0.1, 0.15) is 19.8 Å². The monoisotopic (exact) mass is 167 g/mol. The molecule has 0 radical (unpaired) electrons. The van der Waals surface area contributed by atoms with E-state index >= 15 is 0 Å². The lowest BCUT2D eigenvalue weighted by molar-refractivity contribution is -0.141. The second-order valence-electron chi connectivity index (χ2n) is 1.84. The predicted octanol–water partition coefficient (Wildman–Crippen LogP) is 0.710. The molecule has 0 aromatic heterocycles. The van der Waals surface area contributed by atoms with Gasteiger partial charge in [-0.25, -0.2) is 0 Å². The summed E-state index contributed by atoms with van der Waals surface area (Å²) in [5.41, 5.74) is 5.20. The maximum atomic E-state index is 10.2. The van der Waals surface area contributed by atoms with Crippen molar-refractivity contribution in [2.75, 3.05) is 13.2 Å². The van der Waals surface area contributed by atoms with Gasteiger partial charge >= 0.3 is 5.97 Å². The summed E-state index contributed by atoms with van der Waals surface area (Å²) in [7, 11) is 0. The van der Waals surface area contributed by atoms with Gasteiger partial charge in [-0.3, -0.25) is 4.79 Å². The van der Waals surface area contributed by atoms with Crippen molar-refractivity contribution in [1.29, 1.82) is 0 Å². The third-order valence-corrected chi connectivity index (χ3v) is 0.904. The lowest BCUT2D eigenvalue weighted by atomic mass is 10.3. The molecule has 0 atom stereocenters. The first-order valence-electron chi connectivity index (χ1n) is 3.11. The normalized spacial score (nSPS) is 8.20. The third-order valence-electron chi connectivity index (χ3n) is 0.904. The fourth-order valence-electron chi connectivity index (χ4n) is 0.462. The van der Waals surface area contributed by atoms with Crippen LogP contribution in [0.3, 0.4) is 0 Å². The van der Waals surface area contributed by atoms with Crippen molar-refractivity contribution in [3.63, 3.8) is 0 Å². The summed E-state index contributed by atoms with van der Waals surface area (Å²) in [5.74, 6) is -0.216. The predicted molar refractivity (Wildman–Crippen MR) is 42.2 cm³/mol. The quantitative estimate of drug-likeness (QED) is 0.496. The molecule has 0 aromatic rings. The number of carbonyl (C=O) groups is 1. The zero-order valence-electron chi connectivity index (χ0n) is 6.13. The molecule has 0 unspecified atom stereocenters. The molecule has 0 amide bonds. The minimum atomic E-state index is -0.216. The van der Waals surface area contributed by atoms with Gasteiger partial charge in [0.25, 0.3) is 0 Å². The summed E-state index contributed by atoms with van der Waals surface area (Å²) in [6.07, 6.45) is 1.80. The number of halogens is 1. The molecule has 0 spiro atoms. The van der Waals surface area contributed by atoms with Crippen molar-refractivity contribution < 1.29 is 9.53 Å². The zero-order chi connectivity index (χ0) is 7.11. The molecule has 0 bridgehead atoms. The average molecular weight is 168 g/mol. The molecule has 0 aliphatic carbocycles. The van der Waals surface area contributed by atoms with Gasteiger partial charge < -0.3 is 10.5 Å². The van der Waals surface area contributed by atoms with Crippen molar-refractivity contribution >= 4 is 18.4 Å². The Morgan fingerprint density at radius 2 is 2.10 bits per heavy atom. The molecule has 0 saturated heterocycles. The van der Waals surface area contributed by atoms with Gasteiger partial charge in [0, 0.05) is 6.92 Å². The highest BCUT2D eigenvalue weighted by molar-refractivity contribution is 5.85. The van der Waals surface area contributed by atoms with Crippen LogP contribution in [0.25, 0.3) is 0 Å². The van der Waals surface area contributed by atoms with Crippen LogP contribution in [-0.2, 0) is 9.53 Å². The van der Waals surface area contributed by atoms with Crippen LogP contribution in [-0.4, -0.2) is 19.1 Å². The highest BCUT2D eigenvalue weighted by atomic mass is 35.5. The second kappa shape index (κ2) is 8.72. The topological polar surface area (TPSA) is 52.3 Å². The van der Waals surface area contributed by atoms with Gasteiger partial charge in [0.15, 0.2) is 0 Å². The van der Waals surface area contributed by atoms with E-state index in [1.807, 2.05) is 0 Å². The minimum Gasteiger partial charge on any atom is -0.466 e. The van der Waals surface area contributed by atoms with Crippen molar-refractivity contribution in [3.8, 4) is 0 Å². The summed E-state index contributed by atoms with van der Waals surface area (Å²) in [5, 5.41) is 0. The Hall–Kier alpha value is -0.280. The Morgan fingerprint density at radius 3 is 2.50 bits per heavy atom. The number of hydrogen-bond donors (Lipinski definition) is 1. The number of nitrogens with two attached hydrogens (primary N) is 1. The van der Waals surface area contributed by atoms with Crippen LogP contribution in [0.4, 0.5) is 0 Å². The second-order valence-corrected chi connectivity index (χ2v) is 1.84. The molecule has 2 N–H and O–H groups in total. The van der Waals surface area contributed by atoms with E-state index in [1.54, 1.807) is 0 Å². The molecule has 0 aliphatic heterocycles. The first kappa shape index (κ1) is 12.4. The van der Waals surface area contributed by atoms with Gasteiger partial charge in [-0.2, -0.15) is 0 Å². The summed E-state index contributed by atoms with van der Waals surface area (Å²) in [6.45, 7) is 2.58. The van der Waals surface area contributed by atoms with E-state index in [0.717, 1.165) is 12.8 Å². The van der Waals surface area contributed by atoms with E-state index in [0.29, 0.717) is 13.2 Å². The smallest absolute Gasteiger partial charge is 0.302 e. The molecule has 0 saturated carbocycles. The number of unbranched alkanes of at least 4 members (excludes halogenated alkanes) is 1. The van der Waals surface area contributed by atoms with Gasteiger partial charge in [0.05, 0.1) is 6.61 Å². The first-order chi connectivity index (χ1) is 4.27. The number of hydrogen-bond acceptors (Lipinski definition) is 3. The fourth-order valence-corrected chi connectivity index (χ4v) is 0.462. The molecule has 62 valence electrons. The van der Waals surface area contributed by atoms with Gasteiger partial charge in [-0.15, -0.1) is 12.4 Å². The van der Waals surface area contributed by atoms with E-state index in [2.05, 4.69) is 4.74 Å². The zero-order valence-corrected chi connectivity index (χ0v) is 6.95. The molecule has 0 heterocycles. The Labute approximate surface area is 67.3 Å². The molecule has 10 heavy (non-hydrogen) atoms. The van der Waals surface area contributed by atoms with Crippen LogP contribution in [0, 0.1) is 0 Å². The van der Waals surface area contributed by atoms with Crippen LogP contribution in [0.15, 0.2) is 0 Å². The van der Waals surface area contributed by atoms with Crippen molar-refractivity contribution in [1.82, 2.24) is 0 Å². The van der Waals surface area contributed by atoms with E-state index in [-0.39, 0.29) is 18.4 Å². The summed E-state index contributed by atoms with van der Waals surface area (Å²) in [6, 6.07) is 0. The Bertz CT molecular complexity index is 87.8. The SMILES string of the molecule is CC(=O)OCCCCN.Cl. The van der Waals surface area contributed by atoms with Crippen LogP contribution in [0.5, 0.6) is 0 Å².